The Bertz CT molecular complexity index is 980. The fourth-order valence-corrected chi connectivity index (χ4v) is 2.56. The summed E-state index contributed by atoms with van der Waals surface area (Å²) in [4.78, 5) is 4.26. The van der Waals surface area contributed by atoms with Gasteiger partial charge in [-0.25, -0.2) is 0 Å². The van der Waals surface area contributed by atoms with Crippen LogP contribution in [0.4, 0.5) is 36.3 Å². The van der Waals surface area contributed by atoms with E-state index in [0.29, 0.717) is 41.9 Å². The van der Waals surface area contributed by atoms with Gasteiger partial charge in [-0.15, -0.1) is 5.10 Å². The number of halogens is 3. The number of fused-ring (bicyclic) bond motifs is 1. The van der Waals surface area contributed by atoms with Crippen molar-refractivity contribution >= 4 is 23.1 Å². The SMILES string of the molecule is FC(F)(F)c1ccc(Nc2cnnc(Nc3ccc4c(c3)OCCO4)n2)cc1. The first-order valence-electron chi connectivity index (χ1n) is 8.28. The largest absolute Gasteiger partial charge is 0.486 e. The third kappa shape index (κ3) is 4.05. The molecule has 10 heteroatoms. The number of benzene rings is 2. The number of hydrogen-bond acceptors (Lipinski definition) is 7. The highest BCUT2D eigenvalue weighted by Crippen LogP contribution is 2.33. The van der Waals surface area contributed by atoms with E-state index < -0.39 is 11.7 Å². The molecule has 1 aliphatic heterocycles. The van der Waals surface area contributed by atoms with Gasteiger partial charge in [0.1, 0.15) is 13.2 Å². The van der Waals surface area contributed by atoms with Crippen molar-refractivity contribution in [2.24, 2.45) is 0 Å². The number of hydrogen-bond donors (Lipinski definition) is 2. The van der Waals surface area contributed by atoms with Gasteiger partial charge in [-0.1, -0.05) is 0 Å². The van der Waals surface area contributed by atoms with Crippen LogP contribution in [0.2, 0.25) is 0 Å². The van der Waals surface area contributed by atoms with Gasteiger partial charge >= 0.3 is 6.18 Å². The quantitative estimate of drug-likeness (QED) is 0.694. The minimum absolute atomic E-state index is 0.216. The molecule has 0 amide bonds. The number of nitrogens with zero attached hydrogens (tertiary/aromatic N) is 3. The van der Waals surface area contributed by atoms with Gasteiger partial charge in [0, 0.05) is 17.4 Å². The number of anilines is 4. The average Bonchev–Trinajstić information content (AvgIpc) is 2.68. The summed E-state index contributed by atoms with van der Waals surface area (Å²) in [5.41, 5.74) is 0.399. The zero-order valence-corrected chi connectivity index (χ0v) is 14.3. The molecular weight excluding hydrogens is 375 g/mol. The zero-order chi connectivity index (χ0) is 19.6. The predicted octanol–water partition coefficient (Wildman–Crippen LogP) is 4.15. The summed E-state index contributed by atoms with van der Waals surface area (Å²) < 4.78 is 48.9. The predicted molar refractivity (Wildman–Crippen MR) is 95.3 cm³/mol. The van der Waals surface area contributed by atoms with E-state index in [-0.39, 0.29) is 5.95 Å². The summed E-state index contributed by atoms with van der Waals surface area (Å²) in [5.74, 6) is 1.82. The second-order valence-electron chi connectivity index (χ2n) is 5.85. The van der Waals surface area contributed by atoms with E-state index in [1.54, 1.807) is 18.2 Å². The van der Waals surface area contributed by atoms with Crippen molar-refractivity contribution in [1.29, 1.82) is 0 Å². The molecule has 28 heavy (non-hydrogen) atoms. The van der Waals surface area contributed by atoms with Gasteiger partial charge in [0.25, 0.3) is 0 Å². The van der Waals surface area contributed by atoms with Crippen molar-refractivity contribution in [2.75, 3.05) is 23.8 Å². The lowest BCUT2D eigenvalue weighted by molar-refractivity contribution is -0.137. The minimum atomic E-state index is -4.38. The lowest BCUT2D eigenvalue weighted by Gasteiger charge is -2.19. The van der Waals surface area contributed by atoms with Crippen molar-refractivity contribution in [3.63, 3.8) is 0 Å². The van der Waals surface area contributed by atoms with Crippen LogP contribution in [0.3, 0.4) is 0 Å². The lowest BCUT2D eigenvalue weighted by atomic mass is 10.2. The van der Waals surface area contributed by atoms with Crippen LogP contribution in [-0.4, -0.2) is 28.4 Å². The van der Waals surface area contributed by atoms with Crippen molar-refractivity contribution < 1.29 is 22.6 Å². The maximum Gasteiger partial charge on any atom is 0.416 e. The molecule has 0 spiro atoms. The molecule has 144 valence electrons. The highest BCUT2D eigenvalue weighted by Gasteiger charge is 2.29. The maximum atomic E-state index is 12.6. The van der Waals surface area contributed by atoms with Gasteiger partial charge in [0.15, 0.2) is 17.3 Å². The summed E-state index contributed by atoms with van der Waals surface area (Å²) in [6, 6.07) is 9.93. The first-order chi connectivity index (χ1) is 13.5. The van der Waals surface area contributed by atoms with Crippen LogP contribution in [-0.2, 0) is 6.18 Å². The molecule has 2 heterocycles. The van der Waals surface area contributed by atoms with Crippen LogP contribution in [0, 0.1) is 0 Å². The molecule has 1 aliphatic rings. The summed E-state index contributed by atoms with van der Waals surface area (Å²) >= 11 is 0. The van der Waals surface area contributed by atoms with Crippen LogP contribution in [0.15, 0.2) is 48.7 Å². The number of rotatable bonds is 4. The van der Waals surface area contributed by atoms with E-state index in [9.17, 15) is 13.2 Å². The molecule has 2 N–H and O–H groups in total. The monoisotopic (exact) mass is 389 g/mol. The first-order valence-corrected chi connectivity index (χ1v) is 8.28. The average molecular weight is 389 g/mol. The molecule has 0 atom stereocenters. The standard InChI is InChI=1S/C18H14F3N5O2/c19-18(20,21)11-1-3-12(4-2-11)23-16-10-22-26-17(25-16)24-13-5-6-14-15(9-13)28-8-7-27-14/h1-6,9-10H,7-8H2,(H2,23,24,25,26). The highest BCUT2D eigenvalue weighted by molar-refractivity contribution is 5.62. The molecule has 1 aromatic heterocycles. The Labute approximate surface area is 157 Å². The number of nitrogens with one attached hydrogen (secondary N) is 2. The van der Waals surface area contributed by atoms with Gasteiger partial charge in [0.2, 0.25) is 5.95 Å². The number of alkyl halides is 3. The number of ether oxygens (including phenoxy) is 2. The van der Waals surface area contributed by atoms with Crippen LogP contribution < -0.4 is 20.1 Å². The third-order valence-electron chi connectivity index (χ3n) is 3.84. The molecule has 4 rings (SSSR count). The van der Waals surface area contributed by atoms with Crippen LogP contribution in [0.1, 0.15) is 5.56 Å². The van der Waals surface area contributed by atoms with E-state index in [4.69, 9.17) is 9.47 Å². The Morgan fingerprint density at radius 2 is 1.57 bits per heavy atom. The molecule has 2 aromatic carbocycles. The molecule has 0 saturated carbocycles. The van der Waals surface area contributed by atoms with Gasteiger partial charge in [-0.3, -0.25) is 0 Å². The molecule has 0 unspecified atom stereocenters. The molecule has 3 aromatic rings. The second-order valence-corrected chi connectivity index (χ2v) is 5.85. The number of aromatic nitrogens is 3. The molecule has 7 nitrogen and oxygen atoms in total. The Morgan fingerprint density at radius 1 is 0.857 bits per heavy atom. The van der Waals surface area contributed by atoms with Crippen LogP contribution in [0.25, 0.3) is 0 Å². The van der Waals surface area contributed by atoms with E-state index >= 15 is 0 Å². The van der Waals surface area contributed by atoms with E-state index in [1.807, 2.05) is 0 Å². The summed E-state index contributed by atoms with van der Waals surface area (Å²) in [6.07, 6.45) is -3.01. The fraction of sp³-hybridized carbons (Fsp3) is 0.167. The molecule has 0 fully saturated rings. The second kappa shape index (κ2) is 7.22. The van der Waals surface area contributed by atoms with Crippen molar-refractivity contribution in [3.05, 3.63) is 54.2 Å². The Hall–Kier alpha value is -3.56. The molecule has 0 saturated heterocycles. The van der Waals surface area contributed by atoms with Crippen LogP contribution >= 0.6 is 0 Å². The lowest BCUT2D eigenvalue weighted by Crippen LogP contribution is -2.15. The van der Waals surface area contributed by atoms with Crippen molar-refractivity contribution in [1.82, 2.24) is 15.2 Å². The van der Waals surface area contributed by atoms with Gasteiger partial charge < -0.3 is 20.1 Å². The third-order valence-corrected chi connectivity index (χ3v) is 3.84. The summed E-state index contributed by atoms with van der Waals surface area (Å²) in [6.45, 7) is 0.978. The zero-order valence-electron chi connectivity index (χ0n) is 14.3. The minimum Gasteiger partial charge on any atom is -0.486 e. The fourth-order valence-electron chi connectivity index (χ4n) is 2.56. The smallest absolute Gasteiger partial charge is 0.416 e. The van der Waals surface area contributed by atoms with E-state index in [2.05, 4.69) is 25.8 Å². The highest BCUT2D eigenvalue weighted by atomic mass is 19.4. The van der Waals surface area contributed by atoms with Crippen molar-refractivity contribution in [2.45, 2.75) is 6.18 Å². The summed E-state index contributed by atoms with van der Waals surface area (Å²) in [5, 5.41) is 13.6. The molecular formula is C18H14F3N5O2. The summed E-state index contributed by atoms with van der Waals surface area (Å²) in [7, 11) is 0. The van der Waals surface area contributed by atoms with Gasteiger partial charge in [-0.2, -0.15) is 23.3 Å². The van der Waals surface area contributed by atoms with Gasteiger partial charge in [-0.05, 0) is 36.4 Å². The Kier molecular flexibility index (Phi) is 4.60. The maximum absolute atomic E-state index is 12.6. The van der Waals surface area contributed by atoms with E-state index in [1.165, 1.54) is 18.3 Å². The first kappa shape index (κ1) is 17.8. The molecule has 0 bridgehead atoms. The molecule has 0 radical (unpaired) electrons. The van der Waals surface area contributed by atoms with Crippen LogP contribution in [0.5, 0.6) is 11.5 Å². The Balaban J connectivity index is 1.47. The van der Waals surface area contributed by atoms with Gasteiger partial charge in [0.05, 0.1) is 11.8 Å². The topological polar surface area (TPSA) is 81.2 Å². The van der Waals surface area contributed by atoms with E-state index in [0.717, 1.165) is 12.1 Å². The van der Waals surface area contributed by atoms with Crippen molar-refractivity contribution in [3.8, 4) is 11.5 Å². The Morgan fingerprint density at radius 3 is 2.32 bits per heavy atom. The molecule has 0 aliphatic carbocycles. The normalized spacial score (nSPS) is 13.1.